The van der Waals surface area contributed by atoms with E-state index in [0.29, 0.717) is 11.5 Å². The second kappa shape index (κ2) is 5.66. The highest BCUT2D eigenvalue weighted by molar-refractivity contribution is 7.98. The highest BCUT2D eigenvalue weighted by Crippen LogP contribution is 2.38. The maximum Gasteiger partial charge on any atom is 0.136 e. The third-order valence-corrected chi connectivity index (χ3v) is 3.02. The Bertz CT molecular complexity index is 368. The molecule has 1 unspecified atom stereocenters. The van der Waals surface area contributed by atoms with Gasteiger partial charge in [-0.15, -0.1) is 11.8 Å². The maximum atomic E-state index is 9.39. The summed E-state index contributed by atoms with van der Waals surface area (Å²) in [6.07, 6.45) is 2.05. The van der Waals surface area contributed by atoms with E-state index in [2.05, 4.69) is 0 Å². The van der Waals surface area contributed by atoms with E-state index < -0.39 is 5.62 Å². The zero-order valence-electron chi connectivity index (χ0n) is 10.2. The molecule has 1 atom stereocenters. The standard InChI is InChI=1S/C11H16BNO3S/c1-15-8-4-7(6-11(12,13)14)5-9(16-2)10(8)17-3/h4-5,14H,6,13H2,1-3H3. The Kier molecular flexibility index (Phi) is 4.74. The highest BCUT2D eigenvalue weighted by Gasteiger charge is 2.17. The molecule has 0 bridgehead atoms. The Morgan fingerprint density at radius 3 is 2.12 bits per heavy atom. The first kappa shape index (κ1) is 14.2. The Hall–Kier alpha value is -0.845. The summed E-state index contributed by atoms with van der Waals surface area (Å²) in [5.41, 5.74) is 4.38. The molecule has 0 spiro atoms. The summed E-state index contributed by atoms with van der Waals surface area (Å²) in [5, 5.41) is 9.39. The van der Waals surface area contributed by atoms with Crippen LogP contribution in [-0.2, 0) is 6.42 Å². The van der Waals surface area contributed by atoms with E-state index in [1.807, 2.05) is 6.26 Å². The molecule has 0 aliphatic rings. The monoisotopic (exact) mass is 253 g/mol. The van der Waals surface area contributed by atoms with Crippen LogP contribution in [0.4, 0.5) is 0 Å². The Morgan fingerprint density at radius 2 is 1.82 bits per heavy atom. The Morgan fingerprint density at radius 1 is 1.35 bits per heavy atom. The molecule has 1 aromatic carbocycles. The van der Waals surface area contributed by atoms with Crippen molar-refractivity contribution in [3.05, 3.63) is 17.7 Å². The minimum Gasteiger partial charge on any atom is -0.495 e. The van der Waals surface area contributed by atoms with E-state index in [1.165, 1.54) is 11.8 Å². The first-order valence-corrected chi connectivity index (χ1v) is 6.22. The predicted octanol–water partition coefficient (Wildman–Crippen LogP) is 0.741. The topological polar surface area (TPSA) is 64.7 Å². The number of benzene rings is 1. The van der Waals surface area contributed by atoms with E-state index in [1.54, 1.807) is 26.4 Å². The average Bonchev–Trinajstić information content (AvgIpc) is 2.25. The van der Waals surface area contributed by atoms with Gasteiger partial charge in [0.05, 0.1) is 24.7 Å². The van der Waals surface area contributed by atoms with E-state index in [9.17, 15) is 5.11 Å². The van der Waals surface area contributed by atoms with Crippen molar-refractivity contribution < 1.29 is 14.6 Å². The summed E-state index contributed by atoms with van der Waals surface area (Å²) in [6.45, 7) is 0. The van der Waals surface area contributed by atoms with Crippen molar-refractivity contribution in [2.24, 2.45) is 5.73 Å². The van der Waals surface area contributed by atoms with E-state index in [-0.39, 0.29) is 6.42 Å². The van der Waals surface area contributed by atoms with Crippen LogP contribution >= 0.6 is 11.8 Å². The van der Waals surface area contributed by atoms with Gasteiger partial charge in [0.2, 0.25) is 0 Å². The zero-order valence-corrected chi connectivity index (χ0v) is 11.0. The summed E-state index contributed by atoms with van der Waals surface area (Å²) in [6, 6.07) is 3.58. The molecular weight excluding hydrogens is 237 g/mol. The van der Waals surface area contributed by atoms with Crippen LogP contribution in [0.1, 0.15) is 5.56 Å². The molecule has 0 heterocycles. The summed E-state index contributed by atoms with van der Waals surface area (Å²) >= 11 is 1.52. The summed E-state index contributed by atoms with van der Waals surface area (Å²) in [4.78, 5) is 0.899. The Balaban J connectivity index is 3.18. The largest absolute Gasteiger partial charge is 0.495 e. The van der Waals surface area contributed by atoms with Crippen LogP contribution in [0.5, 0.6) is 11.5 Å². The minimum absolute atomic E-state index is 0.119. The maximum absolute atomic E-state index is 9.39. The van der Waals surface area contributed by atoms with Crippen molar-refractivity contribution in [3.8, 4) is 11.5 Å². The molecule has 0 aromatic heterocycles. The van der Waals surface area contributed by atoms with E-state index >= 15 is 0 Å². The number of ether oxygens (including phenoxy) is 2. The van der Waals surface area contributed by atoms with Gasteiger partial charge in [-0.1, -0.05) is 0 Å². The van der Waals surface area contributed by atoms with E-state index in [4.69, 9.17) is 23.1 Å². The first-order valence-electron chi connectivity index (χ1n) is 5.00. The van der Waals surface area contributed by atoms with E-state index in [0.717, 1.165) is 10.5 Å². The van der Waals surface area contributed by atoms with Gasteiger partial charge in [0, 0.05) is 6.42 Å². The number of aliphatic hydroxyl groups is 1. The molecule has 0 saturated heterocycles. The van der Waals surface area contributed by atoms with Crippen LogP contribution in [0, 0.1) is 0 Å². The van der Waals surface area contributed by atoms with Gasteiger partial charge in [0.15, 0.2) is 0 Å². The minimum atomic E-state index is -1.74. The fourth-order valence-electron chi connectivity index (χ4n) is 1.56. The lowest BCUT2D eigenvalue weighted by atomic mass is 9.86. The highest BCUT2D eigenvalue weighted by atomic mass is 32.2. The number of hydrogen-bond donors (Lipinski definition) is 2. The van der Waals surface area contributed by atoms with Gasteiger partial charge in [-0.2, -0.15) is 0 Å². The quantitative estimate of drug-likeness (QED) is 0.460. The molecule has 6 heteroatoms. The molecule has 3 N–H and O–H groups in total. The summed E-state index contributed by atoms with van der Waals surface area (Å²) < 4.78 is 10.5. The number of thioether (sulfide) groups is 1. The third-order valence-electron chi connectivity index (χ3n) is 2.21. The number of hydrogen-bond acceptors (Lipinski definition) is 5. The summed E-state index contributed by atoms with van der Waals surface area (Å²) in [7, 11) is 8.53. The molecule has 0 aliphatic heterocycles. The molecule has 0 saturated carbocycles. The lowest BCUT2D eigenvalue weighted by molar-refractivity contribution is 0.136. The van der Waals surface area contributed by atoms with Crippen LogP contribution < -0.4 is 15.2 Å². The second-order valence-corrected chi connectivity index (χ2v) is 4.52. The first-order chi connectivity index (χ1) is 7.91. The second-order valence-electron chi connectivity index (χ2n) is 3.70. The molecule has 1 rings (SSSR count). The Labute approximate surface area is 107 Å². The van der Waals surface area contributed by atoms with Gasteiger partial charge >= 0.3 is 0 Å². The van der Waals surface area contributed by atoms with Crippen LogP contribution in [0.2, 0.25) is 0 Å². The predicted molar refractivity (Wildman–Crippen MR) is 69.9 cm³/mol. The fraction of sp³-hybridized carbons (Fsp3) is 0.455. The fourth-order valence-corrected chi connectivity index (χ4v) is 2.25. The van der Waals surface area contributed by atoms with Crippen molar-refractivity contribution in [3.63, 3.8) is 0 Å². The molecule has 17 heavy (non-hydrogen) atoms. The van der Waals surface area contributed by atoms with Gasteiger partial charge < -0.3 is 20.3 Å². The zero-order chi connectivity index (χ0) is 13.1. The number of rotatable bonds is 5. The number of methoxy groups -OCH3 is 2. The SMILES string of the molecule is [B]C(N)(O)Cc1cc(OC)c(SC)c(OC)c1. The van der Waals surface area contributed by atoms with Crippen molar-refractivity contribution in [1.29, 1.82) is 0 Å². The molecule has 2 radical (unpaired) electrons. The van der Waals surface area contributed by atoms with Crippen LogP contribution in [0.15, 0.2) is 17.0 Å². The lowest BCUT2D eigenvalue weighted by Crippen LogP contribution is -2.42. The molecule has 0 aliphatic carbocycles. The van der Waals surface area contributed by atoms with Crippen molar-refractivity contribution in [2.75, 3.05) is 20.5 Å². The van der Waals surface area contributed by atoms with Crippen LogP contribution in [-0.4, -0.2) is 39.1 Å². The van der Waals surface area contributed by atoms with Crippen LogP contribution in [0.3, 0.4) is 0 Å². The molecule has 0 amide bonds. The molecule has 4 nitrogen and oxygen atoms in total. The van der Waals surface area contributed by atoms with Crippen molar-refractivity contribution in [1.82, 2.24) is 0 Å². The van der Waals surface area contributed by atoms with Gasteiger partial charge in [0.1, 0.15) is 19.3 Å². The molecule has 92 valence electrons. The smallest absolute Gasteiger partial charge is 0.136 e. The molecule has 0 fully saturated rings. The number of nitrogens with two attached hydrogens (primary N) is 1. The van der Waals surface area contributed by atoms with Gasteiger partial charge in [-0.05, 0) is 24.0 Å². The van der Waals surface area contributed by atoms with Gasteiger partial charge in [-0.3, -0.25) is 0 Å². The van der Waals surface area contributed by atoms with Gasteiger partial charge in [-0.25, -0.2) is 0 Å². The molecule has 1 aromatic rings. The molecular formula is C11H16BNO3S. The third kappa shape index (κ3) is 3.83. The lowest BCUT2D eigenvalue weighted by Gasteiger charge is -2.20. The normalized spacial score (nSPS) is 14.2. The van der Waals surface area contributed by atoms with Crippen LogP contribution in [0.25, 0.3) is 0 Å². The summed E-state index contributed by atoms with van der Waals surface area (Å²) in [5.74, 6) is 1.35. The van der Waals surface area contributed by atoms with Gasteiger partial charge in [0.25, 0.3) is 0 Å². The van der Waals surface area contributed by atoms with Crippen molar-refractivity contribution >= 4 is 19.6 Å². The van der Waals surface area contributed by atoms with Crippen molar-refractivity contribution in [2.45, 2.75) is 16.9 Å². The average molecular weight is 253 g/mol.